The van der Waals surface area contributed by atoms with Crippen LogP contribution in [0.25, 0.3) is 0 Å². The number of nitrogens with zero attached hydrogens (tertiary/aromatic N) is 1. The molecule has 1 fully saturated rings. The third-order valence-corrected chi connectivity index (χ3v) is 2.18. The average Bonchev–Trinajstić information content (AvgIpc) is 2.49. The van der Waals surface area contributed by atoms with Crippen LogP contribution >= 0.6 is 0 Å². The average molecular weight is 187 g/mol. The number of hydrogen-bond acceptors (Lipinski definition) is 4. The summed E-state index contributed by atoms with van der Waals surface area (Å²) in [5, 5.41) is 9.21. The summed E-state index contributed by atoms with van der Waals surface area (Å²) in [6.45, 7) is 4.54. The molecule has 76 valence electrons. The standard InChI is InChI=1S/C9H17NO3/c1-2-13-9(12)4-6-10-5-3-8(11)7-10/h8,11H,2-7H2,1H3. The highest BCUT2D eigenvalue weighted by molar-refractivity contribution is 5.69. The minimum absolute atomic E-state index is 0.149. The van der Waals surface area contributed by atoms with Gasteiger partial charge in [0, 0.05) is 19.6 Å². The van der Waals surface area contributed by atoms with E-state index in [0.717, 1.165) is 13.0 Å². The van der Waals surface area contributed by atoms with E-state index in [-0.39, 0.29) is 12.1 Å². The number of carbonyl (C=O) groups is 1. The highest BCUT2D eigenvalue weighted by Crippen LogP contribution is 2.08. The Bertz CT molecular complexity index is 172. The highest BCUT2D eigenvalue weighted by atomic mass is 16.5. The second kappa shape index (κ2) is 5.19. The summed E-state index contributed by atoms with van der Waals surface area (Å²) in [5.74, 6) is -0.149. The van der Waals surface area contributed by atoms with E-state index < -0.39 is 0 Å². The number of aliphatic hydroxyl groups is 1. The normalized spacial score (nSPS) is 23.4. The summed E-state index contributed by atoms with van der Waals surface area (Å²) in [7, 11) is 0. The molecule has 0 aromatic heterocycles. The summed E-state index contributed by atoms with van der Waals surface area (Å²) >= 11 is 0. The van der Waals surface area contributed by atoms with Crippen LogP contribution in [-0.2, 0) is 9.53 Å². The van der Waals surface area contributed by atoms with E-state index in [1.807, 2.05) is 0 Å². The van der Waals surface area contributed by atoms with E-state index in [0.29, 0.717) is 26.1 Å². The molecule has 0 aliphatic carbocycles. The molecule has 0 bridgehead atoms. The summed E-state index contributed by atoms with van der Waals surface area (Å²) in [6, 6.07) is 0. The van der Waals surface area contributed by atoms with E-state index in [1.54, 1.807) is 6.92 Å². The lowest BCUT2D eigenvalue weighted by Crippen LogP contribution is -2.25. The zero-order valence-corrected chi connectivity index (χ0v) is 8.03. The minimum atomic E-state index is -0.206. The van der Waals surface area contributed by atoms with Crippen molar-refractivity contribution >= 4 is 5.97 Å². The number of likely N-dealkylation sites (tertiary alicyclic amines) is 1. The van der Waals surface area contributed by atoms with E-state index in [4.69, 9.17) is 4.74 Å². The van der Waals surface area contributed by atoms with Crippen molar-refractivity contribution in [1.82, 2.24) is 4.90 Å². The Balaban J connectivity index is 2.09. The van der Waals surface area contributed by atoms with Crippen LogP contribution in [0.3, 0.4) is 0 Å². The fourth-order valence-electron chi connectivity index (χ4n) is 1.50. The molecule has 1 atom stereocenters. The van der Waals surface area contributed by atoms with Gasteiger partial charge in [-0.05, 0) is 13.3 Å². The molecule has 0 amide bonds. The van der Waals surface area contributed by atoms with Gasteiger partial charge in [0.05, 0.1) is 19.1 Å². The Morgan fingerprint density at radius 3 is 3.00 bits per heavy atom. The predicted molar refractivity (Wildman–Crippen MR) is 48.3 cm³/mol. The van der Waals surface area contributed by atoms with Gasteiger partial charge in [0.25, 0.3) is 0 Å². The van der Waals surface area contributed by atoms with Gasteiger partial charge in [0.1, 0.15) is 0 Å². The lowest BCUT2D eigenvalue weighted by atomic mass is 10.3. The molecule has 0 saturated carbocycles. The van der Waals surface area contributed by atoms with Gasteiger partial charge in [-0.1, -0.05) is 0 Å². The van der Waals surface area contributed by atoms with Crippen LogP contribution in [0, 0.1) is 0 Å². The molecule has 1 rings (SSSR count). The quantitative estimate of drug-likeness (QED) is 0.630. The van der Waals surface area contributed by atoms with Crippen LogP contribution < -0.4 is 0 Å². The van der Waals surface area contributed by atoms with Crippen LogP contribution in [0.1, 0.15) is 19.8 Å². The number of aliphatic hydroxyl groups excluding tert-OH is 1. The fraction of sp³-hybridized carbons (Fsp3) is 0.889. The van der Waals surface area contributed by atoms with Crippen molar-refractivity contribution in [2.24, 2.45) is 0 Å². The van der Waals surface area contributed by atoms with Gasteiger partial charge in [-0.25, -0.2) is 0 Å². The number of hydrogen-bond donors (Lipinski definition) is 1. The van der Waals surface area contributed by atoms with Crippen molar-refractivity contribution in [2.45, 2.75) is 25.9 Å². The molecule has 0 aromatic carbocycles. The van der Waals surface area contributed by atoms with Crippen LogP contribution in [-0.4, -0.2) is 48.3 Å². The van der Waals surface area contributed by atoms with Crippen molar-refractivity contribution < 1.29 is 14.6 Å². The predicted octanol–water partition coefficient (Wildman–Crippen LogP) is 0.00620. The van der Waals surface area contributed by atoms with Crippen molar-refractivity contribution in [3.8, 4) is 0 Å². The lowest BCUT2D eigenvalue weighted by molar-refractivity contribution is -0.143. The van der Waals surface area contributed by atoms with Gasteiger partial charge in [-0.15, -0.1) is 0 Å². The second-order valence-electron chi connectivity index (χ2n) is 3.30. The number of rotatable bonds is 4. The zero-order valence-electron chi connectivity index (χ0n) is 8.03. The molecule has 1 aliphatic heterocycles. The van der Waals surface area contributed by atoms with Gasteiger partial charge < -0.3 is 14.7 Å². The molecule has 1 unspecified atom stereocenters. The topological polar surface area (TPSA) is 49.8 Å². The van der Waals surface area contributed by atoms with Crippen LogP contribution in [0.2, 0.25) is 0 Å². The lowest BCUT2D eigenvalue weighted by Gasteiger charge is -2.13. The first-order chi connectivity index (χ1) is 6.22. The zero-order chi connectivity index (χ0) is 9.68. The smallest absolute Gasteiger partial charge is 0.307 e. The first kappa shape index (κ1) is 10.5. The first-order valence-electron chi connectivity index (χ1n) is 4.78. The largest absolute Gasteiger partial charge is 0.466 e. The highest BCUT2D eigenvalue weighted by Gasteiger charge is 2.20. The van der Waals surface area contributed by atoms with E-state index >= 15 is 0 Å². The van der Waals surface area contributed by atoms with Crippen LogP contribution in [0.5, 0.6) is 0 Å². The van der Waals surface area contributed by atoms with Crippen molar-refractivity contribution in [2.75, 3.05) is 26.2 Å². The van der Waals surface area contributed by atoms with Gasteiger partial charge in [-0.3, -0.25) is 4.79 Å². The minimum Gasteiger partial charge on any atom is -0.466 e. The maximum atomic E-state index is 11.0. The van der Waals surface area contributed by atoms with Crippen molar-refractivity contribution in [3.05, 3.63) is 0 Å². The Morgan fingerprint density at radius 1 is 1.69 bits per heavy atom. The number of esters is 1. The summed E-state index contributed by atoms with van der Waals surface area (Å²) in [5.41, 5.74) is 0. The van der Waals surface area contributed by atoms with Crippen LogP contribution in [0.15, 0.2) is 0 Å². The fourth-order valence-corrected chi connectivity index (χ4v) is 1.50. The number of carbonyl (C=O) groups excluding carboxylic acids is 1. The molecule has 0 radical (unpaired) electrons. The molecule has 4 heteroatoms. The van der Waals surface area contributed by atoms with Crippen molar-refractivity contribution in [3.63, 3.8) is 0 Å². The molecule has 1 saturated heterocycles. The third kappa shape index (κ3) is 3.74. The monoisotopic (exact) mass is 187 g/mol. The Labute approximate surface area is 78.5 Å². The molecule has 1 N–H and O–H groups in total. The van der Waals surface area contributed by atoms with Crippen molar-refractivity contribution in [1.29, 1.82) is 0 Å². The third-order valence-electron chi connectivity index (χ3n) is 2.18. The molecule has 13 heavy (non-hydrogen) atoms. The molecule has 0 spiro atoms. The Kier molecular flexibility index (Phi) is 4.18. The maximum Gasteiger partial charge on any atom is 0.307 e. The summed E-state index contributed by atoms with van der Waals surface area (Å²) in [6.07, 6.45) is 1.05. The summed E-state index contributed by atoms with van der Waals surface area (Å²) < 4.78 is 4.80. The SMILES string of the molecule is CCOC(=O)CCN1CCC(O)C1. The van der Waals surface area contributed by atoms with E-state index in [1.165, 1.54) is 0 Å². The maximum absolute atomic E-state index is 11.0. The van der Waals surface area contributed by atoms with Gasteiger partial charge in [0.15, 0.2) is 0 Å². The number of β-amino-alcohol motifs (C(OH)–C–C–N with tert-alkyl or cyclic N) is 1. The Hall–Kier alpha value is -0.610. The molecule has 4 nitrogen and oxygen atoms in total. The molecule has 1 aliphatic rings. The molecule has 1 heterocycles. The van der Waals surface area contributed by atoms with Gasteiger partial charge in [0.2, 0.25) is 0 Å². The molecule has 0 aromatic rings. The Morgan fingerprint density at radius 2 is 2.46 bits per heavy atom. The van der Waals surface area contributed by atoms with E-state index in [2.05, 4.69) is 4.90 Å². The number of ether oxygens (including phenoxy) is 1. The second-order valence-corrected chi connectivity index (χ2v) is 3.30. The van der Waals surface area contributed by atoms with Gasteiger partial charge >= 0.3 is 5.97 Å². The molecular formula is C9H17NO3. The molecular weight excluding hydrogens is 170 g/mol. The first-order valence-corrected chi connectivity index (χ1v) is 4.78. The summed E-state index contributed by atoms with van der Waals surface area (Å²) in [4.78, 5) is 13.1. The van der Waals surface area contributed by atoms with Crippen LogP contribution in [0.4, 0.5) is 0 Å². The van der Waals surface area contributed by atoms with Gasteiger partial charge in [-0.2, -0.15) is 0 Å². The van der Waals surface area contributed by atoms with E-state index in [9.17, 15) is 9.90 Å².